The number of benzene rings is 2. The molecule has 3 aromatic rings. The number of carbonyl (C=O) groups is 1. The Labute approximate surface area is 178 Å². The summed E-state index contributed by atoms with van der Waals surface area (Å²) >= 11 is 0. The number of nitrogens with zero attached hydrogens (tertiary/aromatic N) is 1. The molecule has 0 unspecified atom stereocenters. The van der Waals surface area contributed by atoms with E-state index in [4.69, 9.17) is 5.11 Å². The van der Waals surface area contributed by atoms with Crippen molar-refractivity contribution < 1.29 is 34.4 Å². The Balaban J connectivity index is 0.000000425. The van der Waals surface area contributed by atoms with E-state index in [1.54, 1.807) is 6.07 Å². The third-order valence-corrected chi connectivity index (χ3v) is 3.74. The van der Waals surface area contributed by atoms with Crippen molar-refractivity contribution in [2.45, 2.75) is 34.6 Å². The van der Waals surface area contributed by atoms with Gasteiger partial charge in [-0.05, 0) is 44.2 Å². The van der Waals surface area contributed by atoms with Crippen LogP contribution in [0, 0.1) is 32.7 Å². The summed E-state index contributed by atoms with van der Waals surface area (Å²) in [6.07, 6.45) is 1.17. The van der Waals surface area contributed by atoms with Crippen molar-refractivity contribution in [2.24, 2.45) is 0 Å². The number of aromatic nitrogens is 1. The van der Waals surface area contributed by atoms with Gasteiger partial charge < -0.3 is 5.11 Å². The molecule has 3 rings (SSSR count). The zero-order chi connectivity index (χ0) is 20.1. The number of hydrogen-bond donors (Lipinski definition) is 1. The molecule has 0 bridgehead atoms. The number of rotatable bonds is 2. The molecule has 0 amide bonds. The van der Waals surface area contributed by atoms with Crippen LogP contribution in [0.15, 0.2) is 48.2 Å². The smallest absolute Gasteiger partial charge is 0.155 e. The number of allylic oxidation sites excluding steroid dienone is 2. The van der Waals surface area contributed by atoms with Crippen molar-refractivity contribution in [3.05, 3.63) is 76.8 Å². The summed E-state index contributed by atoms with van der Waals surface area (Å²) in [7, 11) is 0. The maximum atomic E-state index is 13.9. The predicted octanol–water partition coefficient (Wildman–Crippen LogP) is 5.80. The molecule has 1 aromatic heterocycles. The Bertz CT molecular complexity index is 1000. The van der Waals surface area contributed by atoms with E-state index in [-0.39, 0.29) is 37.5 Å². The van der Waals surface area contributed by atoms with Gasteiger partial charge in [-0.25, -0.2) is 4.39 Å². The number of aliphatic hydroxyl groups is 1. The van der Waals surface area contributed by atoms with Gasteiger partial charge in [0.25, 0.3) is 0 Å². The monoisotopic (exact) mass is 557 g/mol. The van der Waals surface area contributed by atoms with E-state index in [2.05, 4.69) is 24.0 Å². The van der Waals surface area contributed by atoms with Gasteiger partial charge in [0.2, 0.25) is 0 Å². The molecule has 0 spiro atoms. The van der Waals surface area contributed by atoms with E-state index < -0.39 is 0 Å². The summed E-state index contributed by atoms with van der Waals surface area (Å²) in [6.45, 7) is 8.79. The molecular weight excluding hydrogens is 533 g/mol. The van der Waals surface area contributed by atoms with Crippen molar-refractivity contribution in [1.82, 2.24) is 4.98 Å². The van der Waals surface area contributed by atoms with Gasteiger partial charge in [0.15, 0.2) is 5.78 Å². The molecule has 28 heavy (non-hydrogen) atoms. The predicted molar refractivity (Wildman–Crippen MR) is 107 cm³/mol. The van der Waals surface area contributed by atoms with E-state index in [0.717, 1.165) is 22.4 Å². The third kappa shape index (κ3) is 6.66. The summed E-state index contributed by atoms with van der Waals surface area (Å²) in [5.41, 5.74) is 5.60. The van der Waals surface area contributed by atoms with Gasteiger partial charge in [0.1, 0.15) is 5.82 Å². The molecule has 0 aliphatic rings. The molecule has 0 fully saturated rings. The van der Waals surface area contributed by atoms with Gasteiger partial charge in [-0.3, -0.25) is 9.78 Å². The second-order valence-corrected chi connectivity index (χ2v) is 6.66. The first-order valence-corrected chi connectivity index (χ1v) is 8.61. The molecule has 0 atom stereocenters. The first kappa shape index (κ1) is 23.7. The van der Waals surface area contributed by atoms with Crippen LogP contribution < -0.4 is 0 Å². The van der Waals surface area contributed by atoms with Gasteiger partial charge in [-0.1, -0.05) is 26.0 Å². The van der Waals surface area contributed by atoms with E-state index in [1.165, 1.54) is 31.6 Å². The summed E-state index contributed by atoms with van der Waals surface area (Å²) in [4.78, 5) is 14.6. The largest absolute Gasteiger partial charge is 0.512 e. The summed E-state index contributed by atoms with van der Waals surface area (Å²) in [5, 5.41) is 8.92. The first-order valence-electron chi connectivity index (χ1n) is 8.61. The van der Waals surface area contributed by atoms with Crippen molar-refractivity contribution >= 4 is 16.7 Å². The minimum Gasteiger partial charge on any atom is -0.512 e. The van der Waals surface area contributed by atoms with Crippen LogP contribution in [0.1, 0.15) is 30.5 Å². The normalized spacial score (nSPS) is 10.7. The molecule has 3 nitrogen and oxygen atoms in total. The second-order valence-electron chi connectivity index (χ2n) is 6.66. The van der Waals surface area contributed by atoms with E-state index in [1.807, 2.05) is 32.0 Å². The Morgan fingerprint density at radius 3 is 2.25 bits per heavy atom. The first-order chi connectivity index (χ1) is 12.7. The Kier molecular flexibility index (Phi) is 8.67. The Hall–Kier alpha value is -2.36. The molecule has 0 saturated heterocycles. The molecular formula is C23H23FIrNO2-. The number of ketones is 1. The number of pyridine rings is 1. The zero-order valence-electron chi connectivity index (χ0n) is 16.6. The average Bonchev–Trinajstić information content (AvgIpc) is 2.52. The van der Waals surface area contributed by atoms with Crippen LogP contribution in [0.5, 0.6) is 0 Å². The quantitative estimate of drug-likeness (QED) is 0.247. The minimum atomic E-state index is -0.219. The summed E-state index contributed by atoms with van der Waals surface area (Å²) in [6, 6.07) is 14.5. The van der Waals surface area contributed by atoms with Crippen LogP contribution in [0.3, 0.4) is 0 Å². The number of aliphatic hydroxyl groups excluding tert-OH is 1. The van der Waals surface area contributed by atoms with Crippen LogP contribution in [0.2, 0.25) is 0 Å². The minimum absolute atomic E-state index is 0. The number of carbonyl (C=O) groups excluding carboxylic acids is 1. The van der Waals surface area contributed by atoms with E-state index >= 15 is 0 Å². The van der Waals surface area contributed by atoms with Crippen molar-refractivity contribution in [3.63, 3.8) is 0 Å². The molecule has 149 valence electrons. The molecule has 0 aliphatic heterocycles. The van der Waals surface area contributed by atoms with Gasteiger partial charge >= 0.3 is 0 Å². The topological polar surface area (TPSA) is 50.2 Å². The van der Waals surface area contributed by atoms with Crippen LogP contribution in [0.25, 0.3) is 22.2 Å². The number of fused-ring (bicyclic) bond motifs is 1. The fraction of sp³-hybridized carbons (Fsp3) is 0.217. The zero-order valence-corrected chi connectivity index (χ0v) is 19.0. The molecule has 2 aromatic carbocycles. The van der Waals surface area contributed by atoms with Gasteiger partial charge in [-0.2, -0.15) is 0 Å². The van der Waals surface area contributed by atoms with Crippen LogP contribution >= 0.6 is 0 Å². The average molecular weight is 557 g/mol. The maximum absolute atomic E-state index is 13.9. The molecule has 1 radical (unpaired) electrons. The summed E-state index contributed by atoms with van der Waals surface area (Å²) < 4.78 is 13.9. The second kappa shape index (κ2) is 10.3. The summed E-state index contributed by atoms with van der Waals surface area (Å²) in [5.74, 6) is -0.282. The van der Waals surface area contributed by atoms with Crippen molar-refractivity contribution in [1.29, 1.82) is 0 Å². The fourth-order valence-corrected chi connectivity index (χ4v) is 2.80. The molecule has 0 aliphatic carbocycles. The molecule has 1 heterocycles. The van der Waals surface area contributed by atoms with Crippen LogP contribution in [0.4, 0.5) is 4.39 Å². The van der Waals surface area contributed by atoms with Crippen molar-refractivity contribution in [2.75, 3.05) is 0 Å². The van der Waals surface area contributed by atoms with Crippen LogP contribution in [-0.2, 0) is 24.9 Å². The fourth-order valence-electron chi connectivity index (χ4n) is 2.80. The van der Waals surface area contributed by atoms with Crippen molar-refractivity contribution in [3.8, 4) is 11.3 Å². The van der Waals surface area contributed by atoms with Gasteiger partial charge in [0, 0.05) is 31.6 Å². The van der Waals surface area contributed by atoms with Crippen LogP contribution in [-0.4, -0.2) is 15.9 Å². The number of hydrogen-bond acceptors (Lipinski definition) is 3. The Morgan fingerprint density at radius 2 is 1.71 bits per heavy atom. The van der Waals surface area contributed by atoms with E-state index in [9.17, 15) is 9.18 Å². The van der Waals surface area contributed by atoms with E-state index in [0.29, 0.717) is 10.9 Å². The SMILES string of the molecule is CC(=O)/C=C(/C)O.Cc1[c-]c(-c2ccc3c(F)cc(C)cc3n2)cc(C)c1.[Ir]. The molecule has 1 N–H and O–H groups in total. The standard InChI is InChI=1S/C18H15FN.C5H8O2.Ir/c1-11-6-12(2)8-14(7-11)17-5-4-15-16(19)9-13(3)10-18(15)20-17;1-4(6)3-5(2)7;/h4-7,9-10H,1-3H3;3,6H,1-2H3;/q-1;;/b;4-3-;. The van der Waals surface area contributed by atoms with Gasteiger partial charge in [-0.15, -0.1) is 34.9 Å². The number of halogens is 1. The Morgan fingerprint density at radius 1 is 1.07 bits per heavy atom. The van der Waals surface area contributed by atoms with Gasteiger partial charge in [0.05, 0.1) is 11.3 Å². The maximum Gasteiger partial charge on any atom is 0.155 e. The third-order valence-electron chi connectivity index (χ3n) is 3.74. The molecule has 0 saturated carbocycles. The number of aryl methyl sites for hydroxylation is 3. The molecule has 5 heteroatoms.